The number of benzene rings is 2. The first-order chi connectivity index (χ1) is 15.2. The first-order valence-corrected chi connectivity index (χ1v) is 11.0. The Kier molecular flexibility index (Phi) is 5.38. The number of amides is 1. The summed E-state index contributed by atoms with van der Waals surface area (Å²) in [5.41, 5.74) is 3.36. The number of likely N-dealkylation sites (tertiary alicyclic amines) is 1. The van der Waals surface area contributed by atoms with Crippen molar-refractivity contribution >= 4 is 27.8 Å². The lowest BCUT2D eigenvalue weighted by molar-refractivity contribution is 0.0716. The van der Waals surface area contributed by atoms with Crippen LogP contribution < -0.4 is 0 Å². The molecule has 6 heteroatoms. The molecule has 1 fully saturated rings. The normalized spacial score (nSPS) is 14.5. The summed E-state index contributed by atoms with van der Waals surface area (Å²) in [4.78, 5) is 27.3. The van der Waals surface area contributed by atoms with Gasteiger partial charge in [0, 0.05) is 25.5 Å². The first-order valence-electron chi connectivity index (χ1n) is 11.0. The van der Waals surface area contributed by atoms with Gasteiger partial charge in [-0.2, -0.15) is 0 Å². The van der Waals surface area contributed by atoms with Crippen LogP contribution in [-0.2, 0) is 13.6 Å². The largest absolute Gasteiger partial charge is 0.330 e. The van der Waals surface area contributed by atoms with Gasteiger partial charge in [0.25, 0.3) is 5.91 Å². The molecule has 0 spiro atoms. The Labute approximate surface area is 182 Å². The van der Waals surface area contributed by atoms with Gasteiger partial charge in [-0.25, -0.2) is 9.97 Å². The molecule has 31 heavy (non-hydrogen) atoms. The van der Waals surface area contributed by atoms with Gasteiger partial charge in [-0.15, -0.1) is 0 Å². The van der Waals surface area contributed by atoms with Crippen molar-refractivity contribution in [2.75, 3.05) is 26.2 Å². The quantitative estimate of drug-likeness (QED) is 0.482. The van der Waals surface area contributed by atoms with E-state index in [0.29, 0.717) is 18.8 Å². The molecule has 4 aromatic rings. The highest BCUT2D eigenvalue weighted by molar-refractivity contribution is 5.95. The number of hydrogen-bond donors (Lipinski definition) is 0. The van der Waals surface area contributed by atoms with Crippen molar-refractivity contribution in [2.24, 2.45) is 7.05 Å². The molecule has 2 aromatic carbocycles. The van der Waals surface area contributed by atoms with Gasteiger partial charge in [0.1, 0.15) is 11.5 Å². The van der Waals surface area contributed by atoms with E-state index in [-0.39, 0.29) is 5.91 Å². The summed E-state index contributed by atoms with van der Waals surface area (Å²) < 4.78 is 2.08. The number of aromatic nitrogens is 3. The molecule has 0 unspecified atom stereocenters. The number of imidazole rings is 1. The Morgan fingerprint density at radius 1 is 0.935 bits per heavy atom. The molecule has 0 N–H and O–H groups in total. The van der Waals surface area contributed by atoms with Crippen molar-refractivity contribution in [1.82, 2.24) is 24.3 Å². The summed E-state index contributed by atoms with van der Waals surface area (Å²) in [7, 11) is 2.02. The van der Waals surface area contributed by atoms with Crippen LogP contribution in [0.5, 0.6) is 0 Å². The second kappa shape index (κ2) is 8.47. The maximum atomic E-state index is 13.5. The van der Waals surface area contributed by atoms with Crippen molar-refractivity contribution in [3.8, 4) is 0 Å². The van der Waals surface area contributed by atoms with Crippen molar-refractivity contribution < 1.29 is 4.79 Å². The average molecular weight is 414 g/mol. The van der Waals surface area contributed by atoms with Crippen LogP contribution in [0.1, 0.15) is 29.2 Å². The lowest BCUT2D eigenvalue weighted by Gasteiger charge is -2.25. The van der Waals surface area contributed by atoms with Crippen molar-refractivity contribution in [3.63, 3.8) is 0 Å². The van der Waals surface area contributed by atoms with Crippen molar-refractivity contribution in [2.45, 2.75) is 19.4 Å². The van der Waals surface area contributed by atoms with Gasteiger partial charge < -0.3 is 14.4 Å². The molecule has 1 aliphatic heterocycles. The van der Waals surface area contributed by atoms with Gasteiger partial charge in [-0.3, -0.25) is 4.79 Å². The van der Waals surface area contributed by atoms with Gasteiger partial charge in [0.05, 0.1) is 23.1 Å². The summed E-state index contributed by atoms with van der Waals surface area (Å²) in [6, 6.07) is 19.8. The summed E-state index contributed by atoms with van der Waals surface area (Å²) in [5.74, 6) is 0.841. The predicted molar refractivity (Wildman–Crippen MR) is 123 cm³/mol. The molecule has 0 saturated carbocycles. The minimum absolute atomic E-state index is 0.0444. The summed E-state index contributed by atoms with van der Waals surface area (Å²) in [6.45, 7) is 4.23. The molecule has 2 aromatic heterocycles. The van der Waals surface area contributed by atoms with E-state index < -0.39 is 0 Å². The molecule has 0 radical (unpaired) electrons. The monoisotopic (exact) mass is 413 g/mol. The fourth-order valence-electron chi connectivity index (χ4n) is 4.38. The smallest absolute Gasteiger partial charge is 0.272 e. The van der Waals surface area contributed by atoms with E-state index in [4.69, 9.17) is 4.98 Å². The third-order valence-corrected chi connectivity index (χ3v) is 6.20. The van der Waals surface area contributed by atoms with Crippen LogP contribution in [0, 0.1) is 0 Å². The Hall–Kier alpha value is -3.25. The van der Waals surface area contributed by atoms with Crippen LogP contribution in [-0.4, -0.2) is 56.4 Å². The molecule has 158 valence electrons. The number of rotatable bonds is 6. The lowest BCUT2D eigenvalue weighted by atomic mass is 10.2. The number of aryl methyl sites for hydroxylation is 1. The van der Waals surface area contributed by atoms with Crippen LogP contribution in [0.15, 0.2) is 60.7 Å². The second-order valence-electron chi connectivity index (χ2n) is 8.24. The molecule has 0 aliphatic carbocycles. The molecule has 0 atom stereocenters. The molecule has 5 rings (SSSR count). The molecule has 3 heterocycles. The lowest BCUT2D eigenvalue weighted by Crippen LogP contribution is -2.38. The fraction of sp³-hybridized carbons (Fsp3) is 0.320. The number of pyridine rings is 1. The predicted octanol–water partition coefficient (Wildman–Crippen LogP) is 3.86. The van der Waals surface area contributed by atoms with Gasteiger partial charge in [0.2, 0.25) is 0 Å². The second-order valence-corrected chi connectivity index (χ2v) is 8.24. The number of carbonyl (C=O) groups is 1. The zero-order chi connectivity index (χ0) is 21.2. The first kappa shape index (κ1) is 19.7. The standard InChI is InChI=1S/C25H27N5O/c1-28-23-11-5-4-10-21(23)27-24(28)18-30(17-16-29-14-6-7-15-29)25(31)22-13-12-19-8-2-3-9-20(19)26-22/h2-5,8-13H,6-7,14-18H2,1H3. The van der Waals surface area contributed by atoms with Crippen molar-refractivity contribution in [1.29, 1.82) is 0 Å². The number of para-hydroxylation sites is 3. The molecular weight excluding hydrogens is 386 g/mol. The summed E-state index contributed by atoms with van der Waals surface area (Å²) in [6.07, 6.45) is 2.48. The van der Waals surface area contributed by atoms with Crippen LogP contribution in [0.4, 0.5) is 0 Å². The van der Waals surface area contributed by atoms with E-state index in [2.05, 4.69) is 20.5 Å². The van der Waals surface area contributed by atoms with E-state index in [1.807, 2.05) is 66.5 Å². The average Bonchev–Trinajstić information content (AvgIpc) is 3.44. The highest BCUT2D eigenvalue weighted by atomic mass is 16.2. The van der Waals surface area contributed by atoms with E-state index in [1.165, 1.54) is 12.8 Å². The van der Waals surface area contributed by atoms with Crippen molar-refractivity contribution in [3.05, 3.63) is 72.2 Å². The number of fused-ring (bicyclic) bond motifs is 2. The third kappa shape index (κ3) is 4.03. The summed E-state index contributed by atoms with van der Waals surface area (Å²) >= 11 is 0. The Morgan fingerprint density at radius 2 is 1.68 bits per heavy atom. The van der Waals surface area contributed by atoms with Crippen LogP contribution in [0.2, 0.25) is 0 Å². The van der Waals surface area contributed by atoms with Gasteiger partial charge in [-0.05, 0) is 50.2 Å². The molecular formula is C25H27N5O. The Bertz CT molecular complexity index is 1230. The number of hydrogen-bond acceptors (Lipinski definition) is 4. The highest BCUT2D eigenvalue weighted by Gasteiger charge is 2.22. The highest BCUT2D eigenvalue weighted by Crippen LogP contribution is 2.18. The van der Waals surface area contributed by atoms with Crippen LogP contribution >= 0.6 is 0 Å². The van der Waals surface area contributed by atoms with E-state index >= 15 is 0 Å². The molecule has 1 aliphatic rings. The molecule has 6 nitrogen and oxygen atoms in total. The van der Waals surface area contributed by atoms with Crippen LogP contribution in [0.3, 0.4) is 0 Å². The zero-order valence-corrected chi connectivity index (χ0v) is 17.9. The van der Waals surface area contributed by atoms with Gasteiger partial charge in [-0.1, -0.05) is 36.4 Å². The number of carbonyl (C=O) groups excluding carboxylic acids is 1. The van der Waals surface area contributed by atoms with E-state index in [0.717, 1.165) is 47.4 Å². The summed E-state index contributed by atoms with van der Waals surface area (Å²) in [5, 5.41) is 1.04. The SMILES string of the molecule is Cn1c(CN(CCN2CCCC2)C(=O)c2ccc3ccccc3n2)nc2ccccc21. The minimum Gasteiger partial charge on any atom is -0.330 e. The fourth-order valence-corrected chi connectivity index (χ4v) is 4.38. The third-order valence-electron chi connectivity index (χ3n) is 6.20. The van der Waals surface area contributed by atoms with Crippen LogP contribution in [0.25, 0.3) is 21.9 Å². The van der Waals surface area contributed by atoms with E-state index in [1.54, 1.807) is 0 Å². The Balaban J connectivity index is 1.44. The van der Waals surface area contributed by atoms with Gasteiger partial charge in [0.15, 0.2) is 0 Å². The van der Waals surface area contributed by atoms with E-state index in [9.17, 15) is 4.79 Å². The zero-order valence-electron chi connectivity index (χ0n) is 17.9. The maximum Gasteiger partial charge on any atom is 0.272 e. The molecule has 0 bridgehead atoms. The number of nitrogens with zero attached hydrogens (tertiary/aromatic N) is 5. The van der Waals surface area contributed by atoms with Gasteiger partial charge >= 0.3 is 0 Å². The maximum absolute atomic E-state index is 13.5. The molecule has 1 saturated heterocycles. The Morgan fingerprint density at radius 3 is 2.48 bits per heavy atom. The molecule has 1 amide bonds. The topological polar surface area (TPSA) is 54.3 Å². The minimum atomic E-state index is -0.0444.